The first-order valence-corrected chi connectivity index (χ1v) is 6.69. The number of benzene rings is 3. The monoisotopic (exact) mass is 298 g/mol. The molecule has 3 aromatic rings. The first kappa shape index (κ1) is 13.5. The Labute approximate surface area is 126 Å². The summed E-state index contributed by atoms with van der Waals surface area (Å²) >= 11 is 6.14. The molecule has 0 saturated carbocycles. The zero-order valence-corrected chi connectivity index (χ0v) is 11.6. The molecule has 0 aromatic heterocycles. The normalized spacial score (nSPS) is 10.7. The molecule has 0 spiro atoms. The predicted molar refractivity (Wildman–Crippen MR) is 83.0 cm³/mol. The van der Waals surface area contributed by atoms with Crippen LogP contribution >= 0.6 is 11.6 Å². The molecule has 0 aliphatic rings. The van der Waals surface area contributed by atoms with Gasteiger partial charge in [-0.05, 0) is 34.5 Å². The van der Waals surface area contributed by atoms with Crippen molar-refractivity contribution in [3.05, 3.63) is 65.2 Å². The van der Waals surface area contributed by atoms with E-state index in [-0.39, 0.29) is 11.3 Å². The van der Waals surface area contributed by atoms with Crippen molar-refractivity contribution in [3.63, 3.8) is 0 Å². The highest BCUT2D eigenvalue weighted by atomic mass is 35.5. The molecule has 3 aromatic carbocycles. The number of rotatable bonds is 2. The van der Waals surface area contributed by atoms with E-state index in [1.54, 1.807) is 24.3 Å². The molecule has 0 atom stereocenters. The van der Waals surface area contributed by atoms with Gasteiger partial charge in [0, 0.05) is 5.56 Å². The van der Waals surface area contributed by atoms with Crippen LogP contribution in [0.5, 0.6) is 5.75 Å². The lowest BCUT2D eigenvalue weighted by atomic mass is 9.94. The maximum absolute atomic E-state index is 11.7. The largest absolute Gasteiger partial charge is 0.508 e. The van der Waals surface area contributed by atoms with Crippen molar-refractivity contribution in [2.45, 2.75) is 0 Å². The van der Waals surface area contributed by atoms with E-state index in [0.717, 1.165) is 5.39 Å². The summed E-state index contributed by atoms with van der Waals surface area (Å²) in [5, 5.41) is 20.8. The van der Waals surface area contributed by atoms with E-state index in [1.165, 1.54) is 12.1 Å². The second-order valence-corrected chi connectivity index (χ2v) is 5.09. The highest BCUT2D eigenvalue weighted by molar-refractivity contribution is 6.34. The lowest BCUT2D eigenvalue weighted by Gasteiger charge is -2.11. The molecule has 2 N–H and O–H groups in total. The number of fused-ring (bicyclic) bond motifs is 1. The molecule has 0 aliphatic heterocycles. The third kappa shape index (κ3) is 2.32. The zero-order valence-electron chi connectivity index (χ0n) is 10.9. The van der Waals surface area contributed by atoms with Gasteiger partial charge in [0.05, 0.1) is 10.6 Å². The van der Waals surface area contributed by atoms with Crippen molar-refractivity contribution >= 4 is 28.3 Å². The van der Waals surface area contributed by atoms with Gasteiger partial charge in [0.1, 0.15) is 5.75 Å². The number of aromatic carboxylic acids is 1. The molecule has 0 saturated heterocycles. The van der Waals surface area contributed by atoms with Crippen molar-refractivity contribution < 1.29 is 15.0 Å². The summed E-state index contributed by atoms with van der Waals surface area (Å²) in [5.41, 5.74) is 1.32. The lowest BCUT2D eigenvalue weighted by molar-refractivity contribution is 0.0700. The van der Waals surface area contributed by atoms with Crippen LogP contribution in [0.15, 0.2) is 54.6 Å². The van der Waals surface area contributed by atoms with Crippen molar-refractivity contribution in [1.29, 1.82) is 0 Å². The van der Waals surface area contributed by atoms with E-state index in [1.807, 2.05) is 18.2 Å². The van der Waals surface area contributed by atoms with Crippen LogP contribution in [0, 0.1) is 0 Å². The van der Waals surface area contributed by atoms with Crippen LogP contribution in [-0.2, 0) is 0 Å². The standard InChI is InChI=1S/C17H11ClO3/c18-15-9-11(19)6-8-13(15)14-7-5-10-3-1-2-4-12(10)16(14)17(20)21/h1-9,19H,(H,20,21). The number of aromatic hydroxyl groups is 1. The van der Waals surface area contributed by atoms with Gasteiger partial charge in [0.2, 0.25) is 0 Å². The minimum atomic E-state index is -1.01. The average Bonchev–Trinajstić information content (AvgIpc) is 2.46. The molecule has 4 heteroatoms. The van der Waals surface area contributed by atoms with Gasteiger partial charge in [-0.15, -0.1) is 0 Å². The number of hydrogen-bond acceptors (Lipinski definition) is 2. The summed E-state index contributed by atoms with van der Waals surface area (Å²) in [6.07, 6.45) is 0. The number of phenolic OH excluding ortho intramolecular Hbond substituents is 1. The third-order valence-electron chi connectivity index (χ3n) is 3.39. The fourth-order valence-electron chi connectivity index (χ4n) is 2.45. The third-order valence-corrected chi connectivity index (χ3v) is 3.70. The van der Waals surface area contributed by atoms with Gasteiger partial charge in [-0.2, -0.15) is 0 Å². The Balaban J connectivity index is 2.37. The number of phenols is 1. The molecule has 0 radical (unpaired) electrons. The van der Waals surface area contributed by atoms with Crippen LogP contribution in [-0.4, -0.2) is 16.2 Å². The molecule has 0 aliphatic carbocycles. The number of carbonyl (C=O) groups is 1. The molecule has 0 amide bonds. The van der Waals surface area contributed by atoms with E-state index in [4.69, 9.17) is 11.6 Å². The maximum atomic E-state index is 11.7. The summed E-state index contributed by atoms with van der Waals surface area (Å²) in [4.78, 5) is 11.7. The lowest BCUT2D eigenvalue weighted by Crippen LogP contribution is -2.01. The molecule has 0 unspecified atom stereocenters. The van der Waals surface area contributed by atoms with E-state index < -0.39 is 5.97 Å². The Morgan fingerprint density at radius 3 is 2.38 bits per heavy atom. The highest BCUT2D eigenvalue weighted by Crippen LogP contribution is 2.36. The van der Waals surface area contributed by atoms with Gasteiger partial charge in [-0.3, -0.25) is 0 Å². The van der Waals surface area contributed by atoms with E-state index in [9.17, 15) is 15.0 Å². The fraction of sp³-hybridized carbons (Fsp3) is 0. The van der Waals surface area contributed by atoms with Crippen molar-refractivity contribution in [1.82, 2.24) is 0 Å². The Morgan fingerprint density at radius 1 is 0.952 bits per heavy atom. The summed E-state index contributed by atoms with van der Waals surface area (Å²) in [7, 11) is 0. The molecule has 3 nitrogen and oxygen atoms in total. The number of hydrogen-bond donors (Lipinski definition) is 2. The number of carboxylic acid groups (broad SMARTS) is 1. The Hall–Kier alpha value is -2.52. The molecule has 104 valence electrons. The van der Waals surface area contributed by atoms with Crippen molar-refractivity contribution in [2.24, 2.45) is 0 Å². The smallest absolute Gasteiger partial charge is 0.336 e. The predicted octanol–water partition coefficient (Wildman–Crippen LogP) is 4.56. The first-order chi connectivity index (χ1) is 10.1. The van der Waals surface area contributed by atoms with Crippen LogP contribution in [0.1, 0.15) is 10.4 Å². The van der Waals surface area contributed by atoms with Crippen LogP contribution in [0.25, 0.3) is 21.9 Å². The first-order valence-electron chi connectivity index (χ1n) is 6.32. The fourth-order valence-corrected chi connectivity index (χ4v) is 2.73. The van der Waals surface area contributed by atoms with Crippen molar-refractivity contribution in [3.8, 4) is 16.9 Å². The summed E-state index contributed by atoms with van der Waals surface area (Å²) in [5.74, 6) is -0.965. The van der Waals surface area contributed by atoms with Gasteiger partial charge in [-0.25, -0.2) is 4.79 Å². The Bertz CT molecular complexity index is 856. The molecule has 0 bridgehead atoms. The molecule has 3 rings (SSSR count). The van der Waals surface area contributed by atoms with E-state index in [2.05, 4.69) is 0 Å². The number of carboxylic acids is 1. The molecule has 21 heavy (non-hydrogen) atoms. The minimum absolute atomic E-state index is 0.0430. The molecule has 0 fully saturated rings. The zero-order chi connectivity index (χ0) is 15.0. The van der Waals surface area contributed by atoms with Gasteiger partial charge in [0.25, 0.3) is 0 Å². The minimum Gasteiger partial charge on any atom is -0.508 e. The van der Waals surface area contributed by atoms with Crippen LogP contribution < -0.4 is 0 Å². The molecular formula is C17H11ClO3. The van der Waals surface area contributed by atoms with Gasteiger partial charge in [0.15, 0.2) is 0 Å². The Kier molecular flexibility index (Phi) is 3.28. The highest BCUT2D eigenvalue weighted by Gasteiger charge is 2.17. The quantitative estimate of drug-likeness (QED) is 0.729. The topological polar surface area (TPSA) is 57.5 Å². The van der Waals surface area contributed by atoms with Crippen LogP contribution in [0.2, 0.25) is 5.02 Å². The second-order valence-electron chi connectivity index (χ2n) is 4.68. The Morgan fingerprint density at radius 2 is 1.67 bits per heavy atom. The van der Waals surface area contributed by atoms with E-state index in [0.29, 0.717) is 21.5 Å². The maximum Gasteiger partial charge on any atom is 0.336 e. The summed E-state index contributed by atoms with van der Waals surface area (Å²) in [6, 6.07) is 15.4. The summed E-state index contributed by atoms with van der Waals surface area (Å²) in [6.45, 7) is 0. The van der Waals surface area contributed by atoms with Gasteiger partial charge in [-0.1, -0.05) is 48.0 Å². The van der Waals surface area contributed by atoms with Gasteiger partial charge < -0.3 is 10.2 Å². The summed E-state index contributed by atoms with van der Waals surface area (Å²) < 4.78 is 0. The molecular weight excluding hydrogens is 288 g/mol. The SMILES string of the molecule is O=C(O)c1c(-c2ccc(O)cc2Cl)ccc2ccccc12. The second kappa shape index (κ2) is 5.11. The van der Waals surface area contributed by atoms with Crippen LogP contribution in [0.4, 0.5) is 0 Å². The van der Waals surface area contributed by atoms with Crippen molar-refractivity contribution in [2.75, 3.05) is 0 Å². The average molecular weight is 299 g/mol. The van der Waals surface area contributed by atoms with Gasteiger partial charge >= 0.3 is 5.97 Å². The van der Waals surface area contributed by atoms with Crippen LogP contribution in [0.3, 0.4) is 0 Å². The molecule has 0 heterocycles. The number of halogens is 1. The van der Waals surface area contributed by atoms with E-state index >= 15 is 0 Å².